The van der Waals surface area contributed by atoms with Crippen LogP contribution in [-0.4, -0.2) is 11.7 Å². The lowest BCUT2D eigenvalue weighted by Gasteiger charge is -2.31. The first kappa shape index (κ1) is 22.1. The second-order valence-corrected chi connectivity index (χ2v) is 10.4. The molecule has 0 spiro atoms. The van der Waals surface area contributed by atoms with E-state index in [4.69, 9.17) is 5.11 Å². The Balaban J connectivity index is 1.61. The summed E-state index contributed by atoms with van der Waals surface area (Å²) in [4.78, 5) is 3.14. The topological polar surface area (TPSA) is 20.2 Å². The van der Waals surface area contributed by atoms with Crippen LogP contribution in [0.5, 0.6) is 0 Å². The predicted octanol–water partition coefficient (Wildman–Crippen LogP) is 8.55. The molecule has 3 rings (SSSR count). The van der Waals surface area contributed by atoms with Gasteiger partial charge in [-0.2, -0.15) is 0 Å². The Morgan fingerprint density at radius 3 is 1.64 bits per heavy atom. The SMILES string of the molecule is CCCCCCCCC1(CCCCCCCCO)c2ccsc2-c2sccc21. The molecule has 1 aliphatic carbocycles. The third-order valence-electron chi connectivity index (χ3n) is 6.54. The summed E-state index contributed by atoms with van der Waals surface area (Å²) in [5.41, 5.74) is 3.59. The van der Waals surface area contributed by atoms with Crippen molar-refractivity contribution in [2.24, 2.45) is 0 Å². The van der Waals surface area contributed by atoms with Gasteiger partial charge < -0.3 is 5.11 Å². The van der Waals surface area contributed by atoms with Gasteiger partial charge in [-0.05, 0) is 53.3 Å². The molecule has 3 heteroatoms. The number of fused-ring (bicyclic) bond motifs is 3. The molecule has 1 N–H and O–H groups in total. The molecule has 0 amide bonds. The first-order valence-electron chi connectivity index (χ1n) is 11.6. The van der Waals surface area contributed by atoms with Gasteiger partial charge in [-0.25, -0.2) is 0 Å². The highest BCUT2D eigenvalue weighted by Gasteiger charge is 2.43. The molecule has 2 aromatic rings. The van der Waals surface area contributed by atoms with E-state index in [0.717, 1.165) is 6.42 Å². The molecule has 156 valence electrons. The van der Waals surface area contributed by atoms with Crippen LogP contribution in [0.1, 0.15) is 108 Å². The standard InChI is InChI=1S/C25H38OS2/c1-2-3-4-5-8-11-16-25(17-12-9-6-7-10-13-18-26)21-14-19-27-23(21)24-22(25)15-20-28-24/h14-15,19-20,26H,2-13,16-18H2,1H3. The number of aliphatic hydroxyl groups excluding tert-OH is 1. The maximum Gasteiger partial charge on any atom is 0.0486 e. The van der Waals surface area contributed by atoms with Crippen LogP contribution >= 0.6 is 22.7 Å². The van der Waals surface area contributed by atoms with Crippen molar-refractivity contribution in [3.8, 4) is 9.75 Å². The average Bonchev–Trinajstić information content (AvgIpc) is 3.41. The van der Waals surface area contributed by atoms with Gasteiger partial charge in [0.2, 0.25) is 0 Å². The quantitative estimate of drug-likeness (QED) is 0.287. The van der Waals surface area contributed by atoms with Crippen LogP contribution in [0.25, 0.3) is 9.75 Å². The maximum atomic E-state index is 8.94. The zero-order valence-electron chi connectivity index (χ0n) is 17.7. The summed E-state index contributed by atoms with van der Waals surface area (Å²) in [6.45, 7) is 2.65. The highest BCUT2D eigenvalue weighted by molar-refractivity contribution is 7.21. The smallest absolute Gasteiger partial charge is 0.0486 e. The van der Waals surface area contributed by atoms with E-state index in [1.807, 2.05) is 22.7 Å². The Morgan fingerprint density at radius 1 is 0.679 bits per heavy atom. The summed E-state index contributed by atoms with van der Waals surface area (Å²) >= 11 is 3.90. The molecule has 28 heavy (non-hydrogen) atoms. The van der Waals surface area contributed by atoms with Crippen molar-refractivity contribution in [3.05, 3.63) is 34.0 Å². The number of hydrogen-bond acceptors (Lipinski definition) is 3. The summed E-state index contributed by atoms with van der Waals surface area (Å²) in [5.74, 6) is 0. The fourth-order valence-electron chi connectivity index (χ4n) is 4.99. The van der Waals surface area contributed by atoms with Gasteiger partial charge in [-0.1, -0.05) is 77.6 Å². The largest absolute Gasteiger partial charge is 0.396 e. The summed E-state index contributed by atoms with van der Waals surface area (Å²) < 4.78 is 0. The van der Waals surface area contributed by atoms with Crippen molar-refractivity contribution in [3.63, 3.8) is 0 Å². The second kappa shape index (κ2) is 11.5. The van der Waals surface area contributed by atoms with Crippen molar-refractivity contribution >= 4 is 22.7 Å². The number of aliphatic hydroxyl groups is 1. The molecule has 0 fully saturated rings. The molecule has 1 aliphatic rings. The molecule has 0 radical (unpaired) electrons. The third kappa shape index (κ3) is 5.09. The normalized spacial score (nSPS) is 14.4. The van der Waals surface area contributed by atoms with Gasteiger partial charge in [-0.3, -0.25) is 0 Å². The molecular weight excluding hydrogens is 380 g/mol. The van der Waals surface area contributed by atoms with Crippen LogP contribution in [-0.2, 0) is 5.41 Å². The summed E-state index contributed by atoms with van der Waals surface area (Å²) in [6.07, 6.45) is 18.4. The van der Waals surface area contributed by atoms with Crippen LogP contribution in [0, 0.1) is 0 Å². The van der Waals surface area contributed by atoms with E-state index in [-0.39, 0.29) is 0 Å². The molecule has 0 bridgehead atoms. The predicted molar refractivity (Wildman–Crippen MR) is 126 cm³/mol. The molecule has 1 nitrogen and oxygen atoms in total. The highest BCUT2D eigenvalue weighted by atomic mass is 32.1. The molecule has 0 aliphatic heterocycles. The van der Waals surface area contributed by atoms with E-state index in [0.29, 0.717) is 12.0 Å². The van der Waals surface area contributed by atoms with E-state index >= 15 is 0 Å². The summed E-state index contributed by atoms with van der Waals surface area (Å²) in [5, 5.41) is 13.6. The second-order valence-electron chi connectivity index (χ2n) is 8.52. The van der Waals surface area contributed by atoms with E-state index in [1.54, 1.807) is 20.9 Å². The van der Waals surface area contributed by atoms with Crippen molar-refractivity contribution in [2.75, 3.05) is 6.61 Å². The Morgan fingerprint density at radius 2 is 1.14 bits per heavy atom. The Hall–Kier alpha value is -0.640. The highest BCUT2D eigenvalue weighted by Crippen LogP contribution is 2.57. The first-order chi connectivity index (χ1) is 13.8. The van der Waals surface area contributed by atoms with Gasteiger partial charge in [0.05, 0.1) is 0 Å². The van der Waals surface area contributed by atoms with Gasteiger partial charge in [0.1, 0.15) is 0 Å². The van der Waals surface area contributed by atoms with Gasteiger partial charge >= 0.3 is 0 Å². The Kier molecular flexibility index (Phi) is 9.07. The van der Waals surface area contributed by atoms with E-state index in [1.165, 1.54) is 83.5 Å². The van der Waals surface area contributed by atoms with Crippen molar-refractivity contribution in [2.45, 2.75) is 102 Å². The van der Waals surface area contributed by atoms with Crippen LogP contribution in [0.3, 0.4) is 0 Å². The van der Waals surface area contributed by atoms with Crippen molar-refractivity contribution in [1.82, 2.24) is 0 Å². The number of hydrogen-bond donors (Lipinski definition) is 1. The lowest BCUT2D eigenvalue weighted by Crippen LogP contribution is -2.24. The van der Waals surface area contributed by atoms with Crippen LogP contribution in [0.2, 0.25) is 0 Å². The minimum atomic E-state index is 0.292. The van der Waals surface area contributed by atoms with Crippen molar-refractivity contribution in [1.29, 1.82) is 0 Å². The first-order valence-corrected chi connectivity index (χ1v) is 13.4. The Bertz CT molecular complexity index is 644. The minimum absolute atomic E-state index is 0.292. The van der Waals surface area contributed by atoms with Crippen LogP contribution in [0.4, 0.5) is 0 Å². The monoisotopic (exact) mass is 418 g/mol. The number of thiophene rings is 2. The van der Waals surface area contributed by atoms with Crippen molar-refractivity contribution < 1.29 is 5.11 Å². The molecular formula is C25H38OS2. The van der Waals surface area contributed by atoms with Gasteiger partial charge in [0, 0.05) is 21.8 Å². The number of unbranched alkanes of at least 4 members (excludes halogenated alkanes) is 10. The van der Waals surface area contributed by atoms with Crippen LogP contribution in [0.15, 0.2) is 22.9 Å². The fourth-order valence-corrected chi connectivity index (χ4v) is 7.17. The summed E-state index contributed by atoms with van der Waals surface area (Å²) in [6, 6.07) is 4.87. The van der Waals surface area contributed by atoms with E-state index < -0.39 is 0 Å². The molecule has 0 saturated heterocycles. The molecule has 0 atom stereocenters. The van der Waals surface area contributed by atoms with Crippen LogP contribution < -0.4 is 0 Å². The molecule has 0 saturated carbocycles. The zero-order valence-corrected chi connectivity index (χ0v) is 19.3. The van der Waals surface area contributed by atoms with Gasteiger partial charge in [0.15, 0.2) is 0 Å². The molecule has 0 aromatic carbocycles. The average molecular weight is 419 g/mol. The molecule has 2 heterocycles. The Labute approximate surface area is 180 Å². The lowest BCUT2D eigenvalue weighted by atomic mass is 9.71. The maximum absolute atomic E-state index is 8.94. The van der Waals surface area contributed by atoms with E-state index in [2.05, 4.69) is 29.8 Å². The lowest BCUT2D eigenvalue weighted by molar-refractivity contribution is 0.282. The van der Waals surface area contributed by atoms with Gasteiger partial charge in [-0.15, -0.1) is 22.7 Å². The van der Waals surface area contributed by atoms with Gasteiger partial charge in [0.25, 0.3) is 0 Å². The minimum Gasteiger partial charge on any atom is -0.396 e. The zero-order chi connectivity index (χ0) is 19.7. The van der Waals surface area contributed by atoms with E-state index in [9.17, 15) is 0 Å². The molecule has 2 aromatic heterocycles. The third-order valence-corrected chi connectivity index (χ3v) is 8.53. The molecule has 0 unspecified atom stereocenters. The fraction of sp³-hybridized carbons (Fsp3) is 0.680. The summed E-state index contributed by atoms with van der Waals surface area (Å²) in [7, 11) is 0. The number of rotatable bonds is 15.